The Bertz CT molecular complexity index is 631. The number of nitrogens with one attached hydrogen (secondary N) is 1. The fourth-order valence-corrected chi connectivity index (χ4v) is 3.01. The molecule has 0 aliphatic carbocycles. The summed E-state index contributed by atoms with van der Waals surface area (Å²) < 4.78 is 5.53. The van der Waals surface area contributed by atoms with E-state index in [1.165, 1.54) is 0 Å². The number of hydrogen-bond acceptors (Lipinski definition) is 4. The van der Waals surface area contributed by atoms with Gasteiger partial charge in [-0.3, -0.25) is 0 Å². The van der Waals surface area contributed by atoms with Crippen molar-refractivity contribution in [3.8, 4) is 0 Å². The Morgan fingerprint density at radius 1 is 1.39 bits per heavy atom. The molecule has 7 heteroatoms. The van der Waals surface area contributed by atoms with Crippen LogP contribution in [-0.2, 0) is 11.3 Å². The minimum atomic E-state index is -0.0609. The summed E-state index contributed by atoms with van der Waals surface area (Å²) in [5.74, 6) is 0.0489. The number of ether oxygens (including phenoxy) is 1. The van der Waals surface area contributed by atoms with E-state index in [4.69, 9.17) is 4.74 Å². The number of methoxy groups -OCH3 is 1. The summed E-state index contributed by atoms with van der Waals surface area (Å²) in [6, 6.07) is 9.96. The molecule has 3 rings (SSSR count). The molecule has 0 radical (unpaired) electrons. The topological polar surface area (TPSA) is 74.3 Å². The fraction of sp³-hybridized carbons (Fsp3) is 0.438. The number of carbonyl (C=O) groups excluding carboxylic acids is 1. The molecule has 122 valence electrons. The Kier molecular flexibility index (Phi) is 4.57. The van der Waals surface area contributed by atoms with Gasteiger partial charge in [-0.1, -0.05) is 30.3 Å². The number of H-pyrrole nitrogens is 1. The number of carbonyl (C=O) groups is 1. The smallest absolute Gasteiger partial charge is 0.320 e. The van der Waals surface area contributed by atoms with Crippen molar-refractivity contribution < 1.29 is 9.53 Å². The highest BCUT2D eigenvalue weighted by Crippen LogP contribution is 2.28. The molecule has 1 fully saturated rings. The lowest BCUT2D eigenvalue weighted by atomic mass is 10.0. The normalized spacial score (nSPS) is 20.7. The Balaban J connectivity index is 1.66. The molecule has 1 aliphatic heterocycles. The Morgan fingerprint density at radius 2 is 2.17 bits per heavy atom. The number of nitrogens with zero attached hydrogens (tertiary/aromatic N) is 4. The summed E-state index contributed by atoms with van der Waals surface area (Å²) in [7, 11) is 3.49. The van der Waals surface area contributed by atoms with Crippen LogP contribution in [0.3, 0.4) is 0 Å². The number of rotatable bonds is 4. The average Bonchev–Trinajstić information content (AvgIpc) is 3.24. The summed E-state index contributed by atoms with van der Waals surface area (Å²) >= 11 is 0. The number of likely N-dealkylation sites (tertiary alicyclic amines) is 1. The van der Waals surface area contributed by atoms with Crippen LogP contribution in [-0.4, -0.2) is 64.6 Å². The SMILES string of the molecule is CO[C@@H]1CN(C(=O)N(C)Cc2ccccc2)C[C@H]1c1cn[nH]n1. The van der Waals surface area contributed by atoms with E-state index in [0.717, 1.165) is 11.3 Å². The van der Waals surface area contributed by atoms with Crippen LogP contribution in [0.2, 0.25) is 0 Å². The lowest BCUT2D eigenvalue weighted by Gasteiger charge is -2.24. The van der Waals surface area contributed by atoms with E-state index >= 15 is 0 Å². The fourth-order valence-electron chi connectivity index (χ4n) is 3.01. The van der Waals surface area contributed by atoms with Gasteiger partial charge in [0.25, 0.3) is 0 Å². The van der Waals surface area contributed by atoms with Crippen molar-refractivity contribution in [3.63, 3.8) is 0 Å². The molecule has 2 amide bonds. The van der Waals surface area contributed by atoms with Crippen molar-refractivity contribution in [1.82, 2.24) is 25.2 Å². The number of benzene rings is 1. The molecule has 0 saturated carbocycles. The van der Waals surface area contributed by atoms with Gasteiger partial charge in [0.1, 0.15) is 0 Å². The predicted molar refractivity (Wildman–Crippen MR) is 84.8 cm³/mol. The summed E-state index contributed by atoms with van der Waals surface area (Å²) in [5.41, 5.74) is 1.94. The maximum atomic E-state index is 12.7. The van der Waals surface area contributed by atoms with Crippen molar-refractivity contribution in [3.05, 3.63) is 47.8 Å². The summed E-state index contributed by atoms with van der Waals surface area (Å²) in [5, 5.41) is 10.6. The molecule has 1 aliphatic rings. The summed E-state index contributed by atoms with van der Waals surface area (Å²) in [6.07, 6.45) is 1.63. The molecule has 2 aromatic rings. The van der Waals surface area contributed by atoms with Gasteiger partial charge in [0.15, 0.2) is 0 Å². The van der Waals surface area contributed by atoms with Crippen LogP contribution in [0.1, 0.15) is 17.2 Å². The second-order valence-electron chi connectivity index (χ2n) is 5.80. The molecular formula is C16H21N5O2. The third-order valence-electron chi connectivity index (χ3n) is 4.24. The van der Waals surface area contributed by atoms with Gasteiger partial charge in [-0.05, 0) is 5.56 Å². The summed E-state index contributed by atoms with van der Waals surface area (Å²) in [6.45, 7) is 1.73. The Labute approximate surface area is 135 Å². The highest BCUT2D eigenvalue weighted by atomic mass is 16.5. The van der Waals surface area contributed by atoms with Gasteiger partial charge < -0.3 is 14.5 Å². The first kappa shape index (κ1) is 15.5. The molecule has 23 heavy (non-hydrogen) atoms. The van der Waals surface area contributed by atoms with Crippen LogP contribution in [0.25, 0.3) is 0 Å². The second kappa shape index (κ2) is 6.78. The lowest BCUT2D eigenvalue weighted by molar-refractivity contribution is 0.0958. The van der Waals surface area contributed by atoms with Crippen molar-refractivity contribution >= 4 is 6.03 Å². The van der Waals surface area contributed by atoms with Crippen LogP contribution in [0, 0.1) is 0 Å². The van der Waals surface area contributed by atoms with E-state index in [1.807, 2.05) is 42.3 Å². The summed E-state index contributed by atoms with van der Waals surface area (Å²) in [4.78, 5) is 16.2. The molecule has 0 bridgehead atoms. The van der Waals surface area contributed by atoms with Gasteiger partial charge in [-0.15, -0.1) is 0 Å². The maximum absolute atomic E-state index is 12.7. The Hall–Kier alpha value is -2.41. The molecule has 2 heterocycles. The zero-order valence-electron chi connectivity index (χ0n) is 13.3. The number of amides is 2. The van der Waals surface area contributed by atoms with Gasteiger partial charge in [0.05, 0.1) is 23.9 Å². The molecule has 0 spiro atoms. The molecule has 0 unspecified atom stereocenters. The van der Waals surface area contributed by atoms with Crippen LogP contribution < -0.4 is 0 Å². The number of urea groups is 1. The number of aromatic amines is 1. The van der Waals surface area contributed by atoms with Crippen molar-refractivity contribution in [2.24, 2.45) is 0 Å². The first-order valence-corrected chi connectivity index (χ1v) is 7.61. The van der Waals surface area contributed by atoms with Crippen LogP contribution in [0.5, 0.6) is 0 Å². The molecule has 1 aromatic heterocycles. The molecule has 1 N–H and O–H groups in total. The van der Waals surface area contributed by atoms with Gasteiger partial charge in [0.2, 0.25) is 0 Å². The standard InChI is InChI=1S/C16H21N5O2/c1-20(9-12-6-4-3-5-7-12)16(22)21-10-13(15(11-21)23-2)14-8-17-19-18-14/h3-8,13,15H,9-11H2,1-2H3,(H,17,18,19)/t13-,15+/m0/s1. The van der Waals surface area contributed by atoms with E-state index in [2.05, 4.69) is 15.4 Å². The van der Waals surface area contributed by atoms with Crippen molar-refractivity contribution in [2.75, 3.05) is 27.2 Å². The van der Waals surface area contributed by atoms with Gasteiger partial charge in [-0.25, -0.2) is 4.79 Å². The molecule has 1 saturated heterocycles. The molecular weight excluding hydrogens is 294 g/mol. The third kappa shape index (κ3) is 3.34. The van der Waals surface area contributed by atoms with E-state index in [0.29, 0.717) is 19.6 Å². The van der Waals surface area contributed by atoms with Gasteiger partial charge in [0, 0.05) is 33.8 Å². The lowest BCUT2D eigenvalue weighted by Crippen LogP contribution is -2.40. The van der Waals surface area contributed by atoms with E-state index < -0.39 is 0 Å². The Morgan fingerprint density at radius 3 is 2.83 bits per heavy atom. The number of hydrogen-bond donors (Lipinski definition) is 1. The first-order chi connectivity index (χ1) is 11.2. The zero-order valence-corrected chi connectivity index (χ0v) is 13.3. The van der Waals surface area contributed by atoms with Crippen LogP contribution in [0.15, 0.2) is 36.5 Å². The minimum absolute atomic E-state index is 0.00176. The van der Waals surface area contributed by atoms with Crippen LogP contribution >= 0.6 is 0 Å². The third-order valence-corrected chi connectivity index (χ3v) is 4.24. The van der Waals surface area contributed by atoms with Crippen LogP contribution in [0.4, 0.5) is 4.79 Å². The van der Waals surface area contributed by atoms with Gasteiger partial charge >= 0.3 is 6.03 Å². The highest BCUT2D eigenvalue weighted by Gasteiger charge is 2.38. The van der Waals surface area contributed by atoms with E-state index in [9.17, 15) is 4.79 Å². The highest BCUT2D eigenvalue weighted by molar-refractivity contribution is 5.74. The van der Waals surface area contributed by atoms with Crippen molar-refractivity contribution in [1.29, 1.82) is 0 Å². The largest absolute Gasteiger partial charge is 0.379 e. The average molecular weight is 315 g/mol. The molecule has 1 aromatic carbocycles. The van der Waals surface area contributed by atoms with Crippen molar-refractivity contribution in [2.45, 2.75) is 18.6 Å². The van der Waals surface area contributed by atoms with Gasteiger partial charge in [-0.2, -0.15) is 15.4 Å². The van der Waals surface area contributed by atoms with E-state index in [-0.39, 0.29) is 18.1 Å². The first-order valence-electron chi connectivity index (χ1n) is 7.61. The molecule has 7 nitrogen and oxygen atoms in total. The monoisotopic (exact) mass is 315 g/mol. The number of aromatic nitrogens is 3. The zero-order chi connectivity index (χ0) is 16.2. The quantitative estimate of drug-likeness (QED) is 0.927. The predicted octanol–water partition coefficient (Wildman–Crippen LogP) is 1.47. The minimum Gasteiger partial charge on any atom is -0.379 e. The molecule has 2 atom stereocenters. The maximum Gasteiger partial charge on any atom is 0.320 e. The second-order valence-corrected chi connectivity index (χ2v) is 5.80. The van der Waals surface area contributed by atoms with E-state index in [1.54, 1.807) is 18.2 Å².